The molecule has 1 atom stereocenters. The van der Waals surface area contributed by atoms with Crippen molar-refractivity contribution >= 4 is 11.3 Å². The number of hydrazine groups is 1. The number of rotatable bonds is 4. The maximum absolute atomic E-state index is 5.65. The summed E-state index contributed by atoms with van der Waals surface area (Å²) < 4.78 is 0. The van der Waals surface area contributed by atoms with Crippen LogP contribution in [0.3, 0.4) is 0 Å². The summed E-state index contributed by atoms with van der Waals surface area (Å²) in [7, 11) is 0. The molecule has 0 aliphatic heterocycles. The lowest BCUT2D eigenvalue weighted by molar-refractivity contribution is 0.560. The van der Waals surface area contributed by atoms with Crippen LogP contribution in [0.25, 0.3) is 0 Å². The Balaban J connectivity index is 2.12. The first kappa shape index (κ1) is 12.3. The van der Waals surface area contributed by atoms with Gasteiger partial charge in [0.05, 0.1) is 6.04 Å². The summed E-state index contributed by atoms with van der Waals surface area (Å²) in [6.45, 7) is 4.22. The van der Waals surface area contributed by atoms with Gasteiger partial charge in [-0.25, -0.2) is 0 Å². The van der Waals surface area contributed by atoms with Crippen LogP contribution in [-0.2, 0) is 6.42 Å². The Labute approximate surface area is 106 Å². The highest BCUT2D eigenvalue weighted by Crippen LogP contribution is 2.25. The van der Waals surface area contributed by atoms with E-state index >= 15 is 0 Å². The van der Waals surface area contributed by atoms with Gasteiger partial charge in [0.1, 0.15) is 0 Å². The first-order valence-electron chi connectivity index (χ1n) is 5.77. The quantitative estimate of drug-likeness (QED) is 0.642. The number of benzene rings is 1. The predicted octanol–water partition coefficient (Wildman–Crippen LogP) is 3.11. The van der Waals surface area contributed by atoms with Gasteiger partial charge in [0.2, 0.25) is 0 Å². The summed E-state index contributed by atoms with van der Waals surface area (Å²) in [5, 5.41) is 0. The van der Waals surface area contributed by atoms with Crippen LogP contribution in [0.4, 0.5) is 0 Å². The fraction of sp³-hybridized carbons (Fsp3) is 0.286. The van der Waals surface area contributed by atoms with Crippen LogP contribution >= 0.6 is 11.3 Å². The molecule has 0 aliphatic rings. The molecule has 1 aromatic carbocycles. The van der Waals surface area contributed by atoms with Crippen molar-refractivity contribution in [2.75, 3.05) is 0 Å². The Morgan fingerprint density at radius 2 is 1.82 bits per heavy atom. The molecular weight excluding hydrogens is 228 g/mol. The molecule has 0 bridgehead atoms. The molecule has 2 aromatic rings. The summed E-state index contributed by atoms with van der Waals surface area (Å²) >= 11 is 1.80. The van der Waals surface area contributed by atoms with Crippen LogP contribution in [0.5, 0.6) is 0 Å². The standard InChI is InChI=1S/C14H18N2S/c1-10-3-6-12(7-4-10)9-13(16-15)14-8-5-11(2)17-14/h3-8,13,16H,9,15H2,1-2H3. The van der Waals surface area contributed by atoms with Gasteiger partial charge in [-0.3, -0.25) is 11.3 Å². The maximum Gasteiger partial charge on any atom is 0.0593 e. The highest BCUT2D eigenvalue weighted by Gasteiger charge is 2.12. The van der Waals surface area contributed by atoms with E-state index in [0.29, 0.717) is 0 Å². The molecule has 1 heterocycles. The lowest BCUT2D eigenvalue weighted by atomic mass is 10.0. The first-order chi connectivity index (χ1) is 8.19. The van der Waals surface area contributed by atoms with Crippen molar-refractivity contribution in [3.05, 3.63) is 57.3 Å². The molecule has 0 aliphatic carbocycles. The van der Waals surface area contributed by atoms with E-state index in [1.54, 1.807) is 11.3 Å². The van der Waals surface area contributed by atoms with Crippen LogP contribution in [0.2, 0.25) is 0 Å². The smallest absolute Gasteiger partial charge is 0.0593 e. The van der Waals surface area contributed by atoms with E-state index < -0.39 is 0 Å². The molecule has 0 amide bonds. The van der Waals surface area contributed by atoms with Crippen LogP contribution in [0.1, 0.15) is 26.9 Å². The average molecular weight is 246 g/mol. The van der Waals surface area contributed by atoms with E-state index in [2.05, 4.69) is 55.7 Å². The Bertz CT molecular complexity index is 473. The summed E-state index contributed by atoms with van der Waals surface area (Å²) in [4.78, 5) is 2.62. The molecule has 0 saturated carbocycles. The third kappa shape index (κ3) is 3.16. The fourth-order valence-electron chi connectivity index (χ4n) is 1.84. The molecule has 0 spiro atoms. The van der Waals surface area contributed by atoms with Gasteiger partial charge in [-0.1, -0.05) is 29.8 Å². The molecule has 90 valence electrons. The third-order valence-electron chi connectivity index (χ3n) is 2.87. The molecule has 0 radical (unpaired) electrons. The monoisotopic (exact) mass is 246 g/mol. The number of thiophene rings is 1. The second-order valence-electron chi connectivity index (χ2n) is 4.36. The zero-order chi connectivity index (χ0) is 12.3. The molecule has 2 rings (SSSR count). The van der Waals surface area contributed by atoms with E-state index in [1.807, 2.05) is 0 Å². The Hall–Kier alpha value is -1.16. The summed E-state index contributed by atoms with van der Waals surface area (Å²) in [5.74, 6) is 5.65. The van der Waals surface area contributed by atoms with E-state index in [0.717, 1.165) is 6.42 Å². The van der Waals surface area contributed by atoms with Crippen molar-refractivity contribution in [1.29, 1.82) is 0 Å². The lowest BCUT2D eigenvalue weighted by Crippen LogP contribution is -2.28. The second kappa shape index (κ2) is 5.45. The van der Waals surface area contributed by atoms with E-state index in [9.17, 15) is 0 Å². The topological polar surface area (TPSA) is 38.0 Å². The van der Waals surface area contributed by atoms with Crippen LogP contribution in [0.15, 0.2) is 36.4 Å². The molecule has 2 nitrogen and oxygen atoms in total. The fourth-order valence-corrected chi connectivity index (χ4v) is 2.78. The third-order valence-corrected chi connectivity index (χ3v) is 3.98. The molecule has 0 fully saturated rings. The van der Waals surface area contributed by atoms with E-state index in [-0.39, 0.29) is 6.04 Å². The van der Waals surface area contributed by atoms with Gasteiger partial charge < -0.3 is 0 Å². The molecule has 3 N–H and O–H groups in total. The van der Waals surface area contributed by atoms with Crippen LogP contribution in [0, 0.1) is 13.8 Å². The SMILES string of the molecule is Cc1ccc(CC(NN)c2ccc(C)s2)cc1. The van der Waals surface area contributed by atoms with E-state index in [1.165, 1.54) is 20.9 Å². The van der Waals surface area contributed by atoms with Crippen molar-refractivity contribution in [2.45, 2.75) is 26.3 Å². The maximum atomic E-state index is 5.65. The summed E-state index contributed by atoms with van der Waals surface area (Å²) in [6.07, 6.45) is 0.927. The van der Waals surface area contributed by atoms with Gasteiger partial charge in [0, 0.05) is 9.75 Å². The number of hydrogen-bond donors (Lipinski definition) is 2. The summed E-state index contributed by atoms with van der Waals surface area (Å²) in [5.41, 5.74) is 5.50. The highest BCUT2D eigenvalue weighted by molar-refractivity contribution is 7.12. The first-order valence-corrected chi connectivity index (χ1v) is 6.58. The molecule has 3 heteroatoms. The zero-order valence-electron chi connectivity index (χ0n) is 10.2. The molecule has 0 saturated heterocycles. The Morgan fingerprint density at radius 1 is 1.12 bits per heavy atom. The van der Waals surface area contributed by atoms with Gasteiger partial charge >= 0.3 is 0 Å². The van der Waals surface area contributed by atoms with Crippen LogP contribution in [-0.4, -0.2) is 0 Å². The molecule has 1 aromatic heterocycles. The number of nitrogens with two attached hydrogens (primary N) is 1. The molecular formula is C14H18N2S. The number of nitrogens with one attached hydrogen (secondary N) is 1. The Kier molecular flexibility index (Phi) is 3.94. The number of aryl methyl sites for hydroxylation is 2. The average Bonchev–Trinajstić information content (AvgIpc) is 2.75. The van der Waals surface area contributed by atoms with E-state index in [4.69, 9.17) is 5.84 Å². The van der Waals surface area contributed by atoms with Crippen molar-refractivity contribution in [3.63, 3.8) is 0 Å². The van der Waals surface area contributed by atoms with Gasteiger partial charge in [-0.2, -0.15) is 0 Å². The zero-order valence-corrected chi connectivity index (χ0v) is 11.1. The number of hydrogen-bond acceptors (Lipinski definition) is 3. The van der Waals surface area contributed by atoms with Crippen LogP contribution < -0.4 is 11.3 Å². The second-order valence-corrected chi connectivity index (χ2v) is 5.68. The van der Waals surface area contributed by atoms with Gasteiger partial charge in [0.25, 0.3) is 0 Å². The van der Waals surface area contributed by atoms with Crippen molar-refractivity contribution in [3.8, 4) is 0 Å². The minimum atomic E-state index is 0.205. The molecule has 1 unspecified atom stereocenters. The summed E-state index contributed by atoms with van der Waals surface area (Å²) in [6, 6.07) is 13.1. The Morgan fingerprint density at radius 3 is 2.35 bits per heavy atom. The minimum Gasteiger partial charge on any atom is -0.271 e. The lowest BCUT2D eigenvalue weighted by Gasteiger charge is -2.14. The van der Waals surface area contributed by atoms with Crippen molar-refractivity contribution in [2.24, 2.45) is 5.84 Å². The van der Waals surface area contributed by atoms with Gasteiger partial charge in [-0.15, -0.1) is 11.3 Å². The highest BCUT2D eigenvalue weighted by atomic mass is 32.1. The molecule has 17 heavy (non-hydrogen) atoms. The minimum absolute atomic E-state index is 0.205. The normalized spacial score (nSPS) is 12.6. The largest absolute Gasteiger partial charge is 0.271 e. The predicted molar refractivity (Wildman–Crippen MR) is 74.0 cm³/mol. The van der Waals surface area contributed by atoms with Gasteiger partial charge in [0.15, 0.2) is 0 Å². The van der Waals surface area contributed by atoms with Gasteiger partial charge in [-0.05, 0) is 38.0 Å². The van der Waals surface area contributed by atoms with Crippen molar-refractivity contribution in [1.82, 2.24) is 5.43 Å². The van der Waals surface area contributed by atoms with Crippen molar-refractivity contribution < 1.29 is 0 Å².